The highest BCUT2D eigenvalue weighted by atomic mass is 16.4. The zero-order valence-electron chi connectivity index (χ0n) is 23.4. The second-order valence-corrected chi connectivity index (χ2v) is 10.7. The number of piperidine rings is 1. The number of nitrogens with one attached hydrogen (secondary N) is 2. The molecule has 4 aromatic rings. The van der Waals surface area contributed by atoms with Crippen LogP contribution in [0.25, 0.3) is 11.1 Å². The predicted molar refractivity (Wildman–Crippen MR) is 155 cm³/mol. The molecule has 40 heavy (non-hydrogen) atoms. The molecule has 3 heterocycles. The molecule has 2 aromatic heterocycles. The number of aryl methyl sites for hydroxylation is 2. The van der Waals surface area contributed by atoms with Gasteiger partial charge < -0.3 is 25.3 Å². The third-order valence-electron chi connectivity index (χ3n) is 7.14. The number of carbonyl (C=O) groups is 1. The highest BCUT2D eigenvalue weighted by molar-refractivity contribution is 6.15. The average Bonchev–Trinajstić information content (AvgIpc) is 3.31. The lowest BCUT2D eigenvalue weighted by Gasteiger charge is -2.31. The lowest BCUT2D eigenvalue weighted by atomic mass is 10.0. The number of nitrogens with two attached hydrogens (primary N) is 2. The maximum absolute atomic E-state index is 12.4. The molecule has 11 nitrogen and oxygen atoms in total. The van der Waals surface area contributed by atoms with Crippen LogP contribution in [0.3, 0.4) is 0 Å². The molecule has 0 radical (unpaired) electrons. The van der Waals surface area contributed by atoms with Gasteiger partial charge in [0.1, 0.15) is 23.2 Å². The van der Waals surface area contributed by atoms with Gasteiger partial charge in [0, 0.05) is 37.2 Å². The summed E-state index contributed by atoms with van der Waals surface area (Å²) in [5, 5.41) is 14.2. The number of oxazole rings is 1. The lowest BCUT2D eigenvalue weighted by molar-refractivity contribution is -0.617. The molecule has 0 bridgehead atoms. The Kier molecular flexibility index (Phi) is 7.76. The SMILES string of the molecule is Cc1cc(C)c2oc(Nc3ccc(C(=N)c4c(N)ncnc4[NH2+]C4CCN(C(=O)CN(C)C)CC4)cc3)nc2c1. The number of likely N-dealkylation sites (tertiary alicyclic amines) is 1. The molecule has 0 unspecified atom stereocenters. The van der Waals surface area contributed by atoms with Crippen molar-refractivity contribution >= 4 is 46.1 Å². The van der Waals surface area contributed by atoms with Crippen molar-refractivity contribution in [2.75, 3.05) is 44.8 Å². The van der Waals surface area contributed by atoms with Crippen LogP contribution in [-0.4, -0.2) is 76.1 Å². The summed E-state index contributed by atoms with van der Waals surface area (Å²) in [6.45, 7) is 5.87. The molecule has 208 valence electrons. The molecule has 1 saturated heterocycles. The van der Waals surface area contributed by atoms with Gasteiger partial charge in [0.25, 0.3) is 6.01 Å². The number of amides is 1. The molecule has 11 heteroatoms. The molecule has 2 aromatic carbocycles. The Morgan fingerprint density at radius 1 is 1.18 bits per heavy atom. The summed E-state index contributed by atoms with van der Waals surface area (Å²) in [6, 6.07) is 12.2. The van der Waals surface area contributed by atoms with Crippen molar-refractivity contribution in [3.63, 3.8) is 0 Å². The number of nitrogen functional groups attached to an aromatic ring is 1. The molecule has 1 amide bonds. The van der Waals surface area contributed by atoms with Crippen molar-refractivity contribution < 1.29 is 14.5 Å². The van der Waals surface area contributed by atoms with Crippen molar-refractivity contribution in [2.45, 2.75) is 32.7 Å². The summed E-state index contributed by atoms with van der Waals surface area (Å²) in [4.78, 5) is 29.4. The molecule has 0 atom stereocenters. The summed E-state index contributed by atoms with van der Waals surface area (Å²) in [5.74, 6) is 1.07. The van der Waals surface area contributed by atoms with Gasteiger partial charge in [-0.05, 0) is 57.3 Å². The van der Waals surface area contributed by atoms with Gasteiger partial charge in [-0.3, -0.25) is 15.5 Å². The Hall–Kier alpha value is -4.35. The van der Waals surface area contributed by atoms with Crippen LogP contribution in [0.1, 0.15) is 35.1 Å². The Morgan fingerprint density at radius 3 is 2.60 bits per heavy atom. The smallest absolute Gasteiger partial charge is 0.300 e. The number of hydrogen-bond donors (Lipinski definition) is 4. The van der Waals surface area contributed by atoms with Crippen LogP contribution in [0.15, 0.2) is 47.1 Å². The summed E-state index contributed by atoms with van der Waals surface area (Å²) in [6.07, 6.45) is 3.11. The van der Waals surface area contributed by atoms with Gasteiger partial charge in [-0.25, -0.2) is 4.98 Å². The fourth-order valence-corrected chi connectivity index (χ4v) is 5.12. The minimum Gasteiger partial charge on any atom is -0.423 e. The van der Waals surface area contributed by atoms with Crippen molar-refractivity contribution in [3.05, 3.63) is 65.0 Å². The highest BCUT2D eigenvalue weighted by Gasteiger charge is 2.28. The van der Waals surface area contributed by atoms with Gasteiger partial charge >= 0.3 is 0 Å². The molecule has 5 rings (SSSR count). The van der Waals surface area contributed by atoms with Gasteiger partial charge in [-0.1, -0.05) is 18.2 Å². The first-order valence-electron chi connectivity index (χ1n) is 13.4. The Morgan fingerprint density at radius 2 is 1.90 bits per heavy atom. The molecule has 1 aliphatic rings. The Labute approximate surface area is 233 Å². The van der Waals surface area contributed by atoms with Crippen LogP contribution in [-0.2, 0) is 4.79 Å². The molecule has 1 fully saturated rings. The van der Waals surface area contributed by atoms with Crippen LogP contribution < -0.4 is 16.4 Å². The number of rotatable bonds is 8. The molecular formula is C29H36N9O2+. The number of likely N-dealkylation sites (N-methyl/N-ethyl adjacent to an activating group) is 1. The first-order valence-corrected chi connectivity index (χ1v) is 13.4. The minimum atomic E-state index is 0.149. The van der Waals surface area contributed by atoms with Crippen LogP contribution in [0, 0.1) is 19.3 Å². The summed E-state index contributed by atoms with van der Waals surface area (Å²) < 4.78 is 5.92. The summed E-state index contributed by atoms with van der Waals surface area (Å²) in [5.41, 5.74) is 12.3. The molecule has 1 aliphatic heterocycles. The standard InChI is InChI=1S/C29H35N9O2/c1-17-13-18(2)26-22(14-17)36-29(40-26)35-20-7-5-19(6-8-20)25(30)24-27(31)32-16-33-28(24)34-21-9-11-38(12-10-21)23(39)15-37(3)4/h5-8,13-14,16,21,30H,9-12,15H2,1-4H3,(H,35,36)(H3,31,32,33,34)/p+1. The molecular weight excluding hydrogens is 506 g/mol. The van der Waals surface area contributed by atoms with Crippen LogP contribution >= 0.6 is 0 Å². The number of fused-ring (bicyclic) bond motifs is 1. The molecule has 6 N–H and O–H groups in total. The number of nitrogens with zero attached hydrogens (tertiary/aromatic N) is 5. The van der Waals surface area contributed by atoms with E-state index in [1.807, 2.05) is 68.1 Å². The van der Waals surface area contributed by atoms with Gasteiger partial charge in [-0.15, -0.1) is 0 Å². The number of anilines is 3. The van der Waals surface area contributed by atoms with Gasteiger partial charge in [0.2, 0.25) is 11.7 Å². The number of benzene rings is 2. The van der Waals surface area contributed by atoms with Crippen molar-refractivity contribution in [1.29, 1.82) is 5.41 Å². The summed E-state index contributed by atoms with van der Waals surface area (Å²) >= 11 is 0. The van der Waals surface area contributed by atoms with Gasteiger partial charge in [0.05, 0.1) is 18.3 Å². The van der Waals surface area contributed by atoms with E-state index >= 15 is 0 Å². The quantitative estimate of drug-likeness (QED) is 0.248. The van der Waals surface area contributed by atoms with E-state index in [1.165, 1.54) is 6.33 Å². The van der Waals surface area contributed by atoms with Crippen molar-refractivity contribution in [2.24, 2.45) is 0 Å². The topological polar surface area (TPSA) is 154 Å². The van der Waals surface area contributed by atoms with E-state index in [-0.39, 0.29) is 23.5 Å². The van der Waals surface area contributed by atoms with Crippen LogP contribution in [0.2, 0.25) is 0 Å². The zero-order chi connectivity index (χ0) is 28.4. The Bertz CT molecular complexity index is 1540. The largest absolute Gasteiger partial charge is 0.423 e. The summed E-state index contributed by atoms with van der Waals surface area (Å²) in [7, 11) is 3.80. The first-order chi connectivity index (χ1) is 19.2. The van der Waals surface area contributed by atoms with E-state index in [4.69, 9.17) is 15.6 Å². The highest BCUT2D eigenvalue weighted by Crippen LogP contribution is 2.27. The molecule has 0 aliphatic carbocycles. The third-order valence-corrected chi connectivity index (χ3v) is 7.14. The second kappa shape index (κ2) is 11.4. The van der Waals surface area contributed by atoms with Crippen LogP contribution in [0.4, 0.5) is 23.3 Å². The number of quaternary nitrogens is 1. The molecule has 0 spiro atoms. The van der Waals surface area contributed by atoms with Crippen LogP contribution in [0.5, 0.6) is 0 Å². The lowest BCUT2D eigenvalue weighted by Crippen LogP contribution is -2.86. The number of aromatic nitrogens is 3. The van der Waals surface area contributed by atoms with E-state index in [0.717, 1.165) is 40.8 Å². The first kappa shape index (κ1) is 27.2. The van der Waals surface area contributed by atoms with E-state index in [0.29, 0.717) is 42.6 Å². The van der Waals surface area contributed by atoms with E-state index in [1.54, 1.807) is 0 Å². The van der Waals surface area contributed by atoms with Crippen molar-refractivity contribution in [1.82, 2.24) is 24.8 Å². The van der Waals surface area contributed by atoms with E-state index in [9.17, 15) is 4.79 Å². The van der Waals surface area contributed by atoms with Crippen molar-refractivity contribution in [3.8, 4) is 0 Å². The maximum Gasteiger partial charge on any atom is 0.300 e. The predicted octanol–water partition coefficient (Wildman–Crippen LogP) is 2.72. The fraction of sp³-hybridized carbons (Fsp3) is 0.345. The average molecular weight is 543 g/mol. The maximum atomic E-state index is 12.4. The normalized spacial score (nSPS) is 14.2. The van der Waals surface area contributed by atoms with E-state index < -0.39 is 0 Å². The second-order valence-electron chi connectivity index (χ2n) is 10.7. The zero-order valence-corrected chi connectivity index (χ0v) is 23.4. The minimum absolute atomic E-state index is 0.149. The Balaban J connectivity index is 1.27. The van der Waals surface area contributed by atoms with Gasteiger partial charge in [-0.2, -0.15) is 9.97 Å². The van der Waals surface area contributed by atoms with Gasteiger partial charge in [0.15, 0.2) is 5.58 Å². The molecule has 0 saturated carbocycles. The fourth-order valence-electron chi connectivity index (χ4n) is 5.12. The monoisotopic (exact) mass is 542 g/mol. The third kappa shape index (κ3) is 5.95. The van der Waals surface area contributed by atoms with E-state index in [2.05, 4.69) is 31.7 Å². The number of hydrogen-bond acceptors (Lipinski definition) is 9. The number of carbonyl (C=O) groups excluding carboxylic acids is 1.